The Morgan fingerprint density at radius 3 is 2.17 bits per heavy atom. The van der Waals surface area contributed by atoms with Gasteiger partial charge in [-0.2, -0.15) is 0 Å². The van der Waals surface area contributed by atoms with E-state index in [-0.39, 0.29) is 16.6 Å². The highest BCUT2D eigenvalue weighted by molar-refractivity contribution is 6.02. The monoisotopic (exact) mass is 316 g/mol. The predicted octanol–water partition coefficient (Wildman–Crippen LogP) is 4.26. The summed E-state index contributed by atoms with van der Waals surface area (Å²) in [7, 11) is 0. The molecule has 5 nitrogen and oxygen atoms in total. The number of fused-ring (bicyclic) bond motifs is 2. The lowest BCUT2D eigenvalue weighted by Gasteiger charge is -2.09. The van der Waals surface area contributed by atoms with E-state index in [1.807, 2.05) is 42.5 Å². The molecule has 0 aliphatic rings. The Hall–Kier alpha value is -3.47. The zero-order valence-electron chi connectivity index (χ0n) is 12.5. The van der Waals surface area contributed by atoms with Gasteiger partial charge in [-0.15, -0.1) is 0 Å². The second kappa shape index (κ2) is 5.31. The first-order valence-corrected chi connectivity index (χ1v) is 7.44. The quantitative estimate of drug-likeness (QED) is 0.341. The molecule has 0 bridgehead atoms. The molecule has 116 valence electrons. The number of pyridine rings is 1. The lowest BCUT2D eigenvalue weighted by atomic mass is 10.0. The highest BCUT2D eigenvalue weighted by atomic mass is 16.6. The van der Waals surface area contributed by atoms with Crippen LogP contribution in [0.3, 0.4) is 0 Å². The third-order valence-corrected chi connectivity index (χ3v) is 4.13. The lowest BCUT2D eigenvalue weighted by Crippen LogP contribution is -2.06. The van der Waals surface area contributed by atoms with Crippen molar-refractivity contribution in [1.82, 2.24) is 4.98 Å². The topological polar surface area (TPSA) is 76.0 Å². The largest absolute Gasteiger partial charge is 0.348 e. The molecule has 4 aromatic rings. The Balaban J connectivity index is 2.19. The summed E-state index contributed by atoms with van der Waals surface area (Å²) in [5, 5.41) is 12.1. The number of nitro benzene ring substituents is 1. The summed E-state index contributed by atoms with van der Waals surface area (Å²) in [5.41, 5.74) is 2.33. The maximum Gasteiger partial charge on any atom is 0.293 e. The van der Waals surface area contributed by atoms with Crippen LogP contribution in [0.25, 0.3) is 32.9 Å². The molecule has 5 heteroatoms. The first-order chi connectivity index (χ1) is 11.7. The van der Waals surface area contributed by atoms with E-state index in [0.717, 1.165) is 11.1 Å². The molecule has 0 aliphatic carbocycles. The van der Waals surface area contributed by atoms with E-state index in [9.17, 15) is 14.9 Å². The summed E-state index contributed by atoms with van der Waals surface area (Å²) < 4.78 is 0. The van der Waals surface area contributed by atoms with Gasteiger partial charge in [0.1, 0.15) is 5.52 Å². The van der Waals surface area contributed by atoms with E-state index in [0.29, 0.717) is 16.3 Å². The average Bonchev–Trinajstić information content (AvgIpc) is 2.62. The molecule has 0 atom stereocenters. The van der Waals surface area contributed by atoms with Crippen LogP contribution >= 0.6 is 0 Å². The van der Waals surface area contributed by atoms with E-state index >= 15 is 0 Å². The fraction of sp³-hybridized carbons (Fsp3) is 0. The second-order valence-corrected chi connectivity index (χ2v) is 5.51. The number of hydrogen-bond donors (Lipinski definition) is 1. The van der Waals surface area contributed by atoms with Gasteiger partial charge in [0.05, 0.1) is 15.8 Å². The Morgan fingerprint density at radius 2 is 1.46 bits per heavy atom. The first kappa shape index (κ1) is 14.1. The van der Waals surface area contributed by atoms with Crippen molar-refractivity contribution in [2.24, 2.45) is 0 Å². The number of nitro groups is 1. The van der Waals surface area contributed by atoms with Gasteiger partial charge in [0.2, 0.25) is 0 Å². The third-order valence-electron chi connectivity index (χ3n) is 4.13. The third kappa shape index (κ3) is 2.06. The Bertz CT molecular complexity index is 1150. The van der Waals surface area contributed by atoms with Crippen molar-refractivity contribution in [3.05, 3.63) is 87.1 Å². The van der Waals surface area contributed by atoms with E-state index in [1.165, 1.54) is 12.1 Å². The average molecular weight is 316 g/mol. The summed E-state index contributed by atoms with van der Waals surface area (Å²) >= 11 is 0. The summed E-state index contributed by atoms with van der Waals surface area (Å²) in [6.07, 6.45) is 0. The molecule has 0 aliphatic heterocycles. The van der Waals surface area contributed by atoms with Crippen LogP contribution < -0.4 is 5.43 Å². The number of nitrogens with one attached hydrogen (secondary N) is 1. The zero-order chi connectivity index (χ0) is 16.7. The fourth-order valence-corrected chi connectivity index (χ4v) is 3.02. The van der Waals surface area contributed by atoms with Crippen molar-refractivity contribution in [3.63, 3.8) is 0 Å². The lowest BCUT2D eigenvalue weighted by molar-refractivity contribution is -0.383. The molecule has 1 N–H and O–H groups in total. The number of para-hydroxylation sites is 2. The predicted molar refractivity (Wildman–Crippen MR) is 94.2 cm³/mol. The van der Waals surface area contributed by atoms with Crippen LogP contribution in [0.15, 0.2) is 71.5 Å². The number of aromatic nitrogens is 1. The van der Waals surface area contributed by atoms with Gasteiger partial charge < -0.3 is 4.98 Å². The number of aromatic amines is 1. The smallest absolute Gasteiger partial charge is 0.293 e. The van der Waals surface area contributed by atoms with Crippen LogP contribution in [-0.4, -0.2) is 9.91 Å². The minimum Gasteiger partial charge on any atom is -0.348 e. The van der Waals surface area contributed by atoms with E-state index < -0.39 is 4.92 Å². The maximum absolute atomic E-state index is 12.8. The van der Waals surface area contributed by atoms with Gasteiger partial charge in [-0.1, -0.05) is 48.5 Å². The van der Waals surface area contributed by atoms with Gasteiger partial charge in [-0.05, 0) is 17.7 Å². The summed E-state index contributed by atoms with van der Waals surface area (Å²) in [4.78, 5) is 26.8. The van der Waals surface area contributed by atoms with Gasteiger partial charge in [-0.3, -0.25) is 14.9 Å². The highest BCUT2D eigenvalue weighted by Gasteiger charge is 2.17. The van der Waals surface area contributed by atoms with Crippen molar-refractivity contribution in [2.45, 2.75) is 0 Å². The molecule has 0 spiro atoms. The molecule has 0 saturated heterocycles. The fourth-order valence-electron chi connectivity index (χ4n) is 3.02. The second-order valence-electron chi connectivity index (χ2n) is 5.51. The van der Waals surface area contributed by atoms with Gasteiger partial charge >= 0.3 is 0 Å². The molecule has 1 aromatic heterocycles. The molecule has 0 unspecified atom stereocenters. The first-order valence-electron chi connectivity index (χ1n) is 7.44. The molecule has 1 heterocycles. The molecule has 0 radical (unpaired) electrons. The normalized spacial score (nSPS) is 11.0. The SMILES string of the molecule is O=c1c2cccc(-c3ccccc3)c2[nH]c2c([N+](=O)[O-])cccc12. The van der Waals surface area contributed by atoms with Crippen molar-refractivity contribution in [2.75, 3.05) is 0 Å². The number of hydrogen-bond acceptors (Lipinski definition) is 3. The molecule has 0 saturated carbocycles. The van der Waals surface area contributed by atoms with Crippen molar-refractivity contribution in [1.29, 1.82) is 0 Å². The molecule has 24 heavy (non-hydrogen) atoms. The van der Waals surface area contributed by atoms with E-state index in [4.69, 9.17) is 0 Å². The summed E-state index contributed by atoms with van der Waals surface area (Å²) in [5.74, 6) is 0. The van der Waals surface area contributed by atoms with E-state index in [2.05, 4.69) is 4.98 Å². The molecular formula is C19H12N2O3. The van der Waals surface area contributed by atoms with Gasteiger partial charge in [0.15, 0.2) is 5.43 Å². The van der Waals surface area contributed by atoms with Crippen LogP contribution in [0.1, 0.15) is 0 Å². The number of H-pyrrole nitrogens is 1. The minimum absolute atomic E-state index is 0.102. The minimum atomic E-state index is -0.477. The van der Waals surface area contributed by atoms with Gasteiger partial charge in [-0.25, -0.2) is 0 Å². The molecular weight excluding hydrogens is 304 g/mol. The van der Waals surface area contributed by atoms with Crippen LogP contribution in [0, 0.1) is 10.1 Å². The van der Waals surface area contributed by atoms with Crippen LogP contribution in [-0.2, 0) is 0 Å². The Kier molecular flexibility index (Phi) is 3.13. The summed E-state index contributed by atoms with van der Waals surface area (Å²) in [6, 6.07) is 19.6. The van der Waals surface area contributed by atoms with Crippen LogP contribution in [0.5, 0.6) is 0 Å². The number of benzene rings is 3. The number of rotatable bonds is 2. The van der Waals surface area contributed by atoms with Gasteiger partial charge in [0.25, 0.3) is 5.69 Å². The van der Waals surface area contributed by atoms with Crippen molar-refractivity contribution < 1.29 is 4.92 Å². The molecule has 0 amide bonds. The van der Waals surface area contributed by atoms with Crippen molar-refractivity contribution >= 4 is 27.5 Å². The number of non-ortho nitro benzene ring substituents is 1. The van der Waals surface area contributed by atoms with Crippen LogP contribution in [0.4, 0.5) is 5.69 Å². The van der Waals surface area contributed by atoms with Crippen LogP contribution in [0.2, 0.25) is 0 Å². The molecule has 4 rings (SSSR count). The Morgan fingerprint density at radius 1 is 0.792 bits per heavy atom. The van der Waals surface area contributed by atoms with Crippen molar-refractivity contribution in [3.8, 4) is 11.1 Å². The number of nitrogens with zero attached hydrogens (tertiary/aromatic N) is 1. The molecule has 0 fully saturated rings. The van der Waals surface area contributed by atoms with E-state index in [1.54, 1.807) is 12.1 Å². The standard InChI is InChI=1S/C19H12N2O3/c22-19-14-9-4-8-13(12-6-2-1-3-7-12)17(14)20-18-15(19)10-5-11-16(18)21(23)24/h1-11H,(H,20,22). The highest BCUT2D eigenvalue weighted by Crippen LogP contribution is 2.29. The Labute approximate surface area is 136 Å². The summed E-state index contributed by atoms with van der Waals surface area (Å²) in [6.45, 7) is 0. The zero-order valence-corrected chi connectivity index (χ0v) is 12.5. The maximum atomic E-state index is 12.8. The molecule has 3 aromatic carbocycles. The van der Waals surface area contributed by atoms with Gasteiger partial charge in [0, 0.05) is 17.0 Å².